The molecule has 2 rings (SSSR count). The van der Waals surface area contributed by atoms with Gasteiger partial charge in [0.05, 0.1) is 18.6 Å². The van der Waals surface area contributed by atoms with Crippen LogP contribution in [0.5, 0.6) is 5.75 Å². The molecular weight excluding hydrogens is 504 g/mol. The van der Waals surface area contributed by atoms with Crippen LogP contribution in [0.25, 0.3) is 0 Å². The fraction of sp³-hybridized carbons (Fsp3) is 0.714. The standard InChI is InChI=1S/C28H48N4O5S/c1-21-17-26(37-8)18-22(2)28(21)38(35,36)32(7)20-25(33)13-14-27(34)31(6)19-23-9-11-24(12-10-23)30(5)16-15-29(3)4/h17-18,23-24H,9-16,19-20H2,1-8H3. The van der Waals surface area contributed by atoms with Crippen LogP contribution in [-0.2, 0) is 19.6 Å². The van der Waals surface area contributed by atoms with Gasteiger partial charge in [-0.2, -0.15) is 4.31 Å². The predicted molar refractivity (Wildman–Crippen MR) is 151 cm³/mol. The molecule has 0 radical (unpaired) electrons. The molecule has 1 aliphatic carbocycles. The summed E-state index contributed by atoms with van der Waals surface area (Å²) in [7, 11) is 7.26. The summed E-state index contributed by atoms with van der Waals surface area (Å²) >= 11 is 0. The van der Waals surface area contributed by atoms with Gasteiger partial charge in [0.1, 0.15) is 11.5 Å². The average Bonchev–Trinajstić information content (AvgIpc) is 2.85. The Morgan fingerprint density at radius 3 is 2.03 bits per heavy atom. The quantitative estimate of drug-likeness (QED) is 0.351. The summed E-state index contributed by atoms with van der Waals surface area (Å²) in [6.45, 7) is 5.96. The zero-order chi connectivity index (χ0) is 28.6. The van der Waals surface area contributed by atoms with Crippen molar-refractivity contribution in [2.24, 2.45) is 5.92 Å². The Morgan fingerprint density at radius 2 is 1.50 bits per heavy atom. The van der Waals surface area contributed by atoms with E-state index in [1.165, 1.54) is 14.2 Å². The second-order valence-electron chi connectivity index (χ2n) is 11.1. The van der Waals surface area contributed by atoms with E-state index in [0.29, 0.717) is 35.4 Å². The highest BCUT2D eigenvalue weighted by Crippen LogP contribution is 2.29. The number of benzene rings is 1. The summed E-state index contributed by atoms with van der Waals surface area (Å²) in [5.41, 5.74) is 1.12. The Labute approximate surface area is 230 Å². The van der Waals surface area contributed by atoms with E-state index in [1.54, 1.807) is 37.9 Å². The largest absolute Gasteiger partial charge is 0.497 e. The topological polar surface area (TPSA) is 90.5 Å². The Balaban J connectivity index is 1.80. The van der Waals surface area contributed by atoms with Crippen molar-refractivity contribution >= 4 is 21.7 Å². The number of sulfonamides is 1. The Bertz CT molecular complexity index is 1030. The van der Waals surface area contributed by atoms with Crippen molar-refractivity contribution < 1.29 is 22.7 Å². The van der Waals surface area contributed by atoms with Crippen LogP contribution in [0.1, 0.15) is 49.7 Å². The number of hydrogen-bond acceptors (Lipinski definition) is 7. The predicted octanol–water partition coefficient (Wildman–Crippen LogP) is 2.79. The molecule has 0 aromatic heterocycles. The number of hydrogen-bond donors (Lipinski definition) is 0. The minimum atomic E-state index is -3.86. The number of Topliss-reactive ketones (excluding diaryl/α,β-unsaturated/α-hetero) is 1. The van der Waals surface area contributed by atoms with Crippen molar-refractivity contribution in [3.63, 3.8) is 0 Å². The van der Waals surface area contributed by atoms with Crippen molar-refractivity contribution in [3.05, 3.63) is 23.3 Å². The number of ether oxygens (including phenoxy) is 1. The van der Waals surface area contributed by atoms with Crippen LogP contribution >= 0.6 is 0 Å². The average molecular weight is 553 g/mol. The molecule has 0 aliphatic heterocycles. The number of amides is 1. The van der Waals surface area contributed by atoms with Gasteiger partial charge in [0.25, 0.3) is 0 Å². The van der Waals surface area contributed by atoms with Crippen molar-refractivity contribution in [3.8, 4) is 5.75 Å². The van der Waals surface area contributed by atoms with Crippen molar-refractivity contribution in [2.45, 2.75) is 63.3 Å². The molecule has 0 saturated heterocycles. The summed E-state index contributed by atoms with van der Waals surface area (Å²) in [5.74, 6) is 0.713. The van der Waals surface area contributed by atoms with Gasteiger partial charge in [0.2, 0.25) is 15.9 Å². The van der Waals surface area contributed by atoms with E-state index in [-0.39, 0.29) is 36.0 Å². The molecule has 0 heterocycles. The van der Waals surface area contributed by atoms with Crippen LogP contribution in [0, 0.1) is 19.8 Å². The SMILES string of the molecule is COc1cc(C)c(S(=O)(=O)N(C)CC(=O)CCC(=O)N(C)CC2CCC(N(C)CCN(C)C)CC2)c(C)c1. The third-order valence-electron chi connectivity index (χ3n) is 7.65. The van der Waals surface area contributed by atoms with Crippen molar-refractivity contribution in [1.82, 2.24) is 19.0 Å². The normalized spacial score (nSPS) is 18.3. The van der Waals surface area contributed by atoms with Crippen molar-refractivity contribution in [2.75, 3.05) is 68.5 Å². The minimum absolute atomic E-state index is 0.0209. The summed E-state index contributed by atoms with van der Waals surface area (Å²) in [4.78, 5) is 31.9. The van der Waals surface area contributed by atoms with Crippen LogP contribution in [0.2, 0.25) is 0 Å². The minimum Gasteiger partial charge on any atom is -0.497 e. The zero-order valence-electron chi connectivity index (χ0n) is 24.6. The van der Waals surface area contributed by atoms with E-state index < -0.39 is 10.0 Å². The molecule has 10 heteroatoms. The Kier molecular flexibility index (Phi) is 12.2. The van der Waals surface area contributed by atoms with E-state index in [1.807, 2.05) is 0 Å². The molecule has 9 nitrogen and oxygen atoms in total. The van der Waals surface area contributed by atoms with Crippen molar-refractivity contribution in [1.29, 1.82) is 0 Å². The third kappa shape index (κ3) is 9.03. The van der Waals surface area contributed by atoms with Crippen LogP contribution in [0.15, 0.2) is 17.0 Å². The molecule has 1 saturated carbocycles. The smallest absolute Gasteiger partial charge is 0.243 e. The molecule has 1 aromatic carbocycles. The first-order valence-electron chi connectivity index (χ1n) is 13.5. The maximum absolute atomic E-state index is 13.2. The van der Waals surface area contributed by atoms with Crippen LogP contribution in [0.3, 0.4) is 0 Å². The van der Waals surface area contributed by atoms with Gasteiger partial charge < -0.3 is 19.4 Å². The maximum atomic E-state index is 13.2. The summed E-state index contributed by atoms with van der Waals surface area (Å²) in [6, 6.07) is 3.93. The lowest BCUT2D eigenvalue weighted by atomic mass is 9.85. The van der Waals surface area contributed by atoms with Gasteiger partial charge in [-0.05, 0) is 89.9 Å². The maximum Gasteiger partial charge on any atom is 0.243 e. The molecule has 1 aliphatic rings. The van der Waals surface area contributed by atoms with Crippen LogP contribution in [-0.4, -0.2) is 114 Å². The third-order valence-corrected chi connectivity index (χ3v) is 9.76. The lowest BCUT2D eigenvalue weighted by Gasteiger charge is -2.36. The van der Waals surface area contributed by atoms with Gasteiger partial charge in [-0.3, -0.25) is 9.59 Å². The lowest BCUT2D eigenvalue weighted by molar-refractivity contribution is -0.132. The van der Waals surface area contributed by atoms with Gasteiger partial charge in [-0.25, -0.2) is 8.42 Å². The number of likely N-dealkylation sites (N-methyl/N-ethyl adjacent to an activating group) is 3. The first kappa shape index (κ1) is 32.2. The summed E-state index contributed by atoms with van der Waals surface area (Å²) in [6.07, 6.45) is 4.59. The molecule has 216 valence electrons. The highest BCUT2D eigenvalue weighted by atomic mass is 32.2. The molecular formula is C28H48N4O5S. The molecule has 0 bridgehead atoms. The first-order chi connectivity index (χ1) is 17.8. The fourth-order valence-corrected chi connectivity index (χ4v) is 6.80. The molecule has 38 heavy (non-hydrogen) atoms. The van der Waals surface area contributed by atoms with Gasteiger partial charge in [-0.1, -0.05) is 0 Å². The molecule has 1 fully saturated rings. The van der Waals surface area contributed by atoms with E-state index >= 15 is 0 Å². The van der Waals surface area contributed by atoms with E-state index in [4.69, 9.17) is 4.74 Å². The lowest BCUT2D eigenvalue weighted by Crippen LogP contribution is -2.41. The number of nitrogens with zero attached hydrogens (tertiary/aromatic N) is 4. The molecule has 0 atom stereocenters. The van der Waals surface area contributed by atoms with E-state index in [0.717, 1.165) is 43.1 Å². The van der Waals surface area contributed by atoms with Gasteiger partial charge in [0.15, 0.2) is 0 Å². The second kappa shape index (κ2) is 14.4. The second-order valence-corrected chi connectivity index (χ2v) is 13.1. The number of carbonyl (C=O) groups is 2. The number of carbonyl (C=O) groups excluding carboxylic acids is 2. The van der Waals surface area contributed by atoms with Crippen LogP contribution < -0.4 is 4.74 Å². The van der Waals surface area contributed by atoms with E-state index in [2.05, 4.69) is 30.9 Å². The van der Waals surface area contributed by atoms with Gasteiger partial charge in [0, 0.05) is 52.6 Å². The molecule has 0 spiro atoms. The number of ketones is 1. The summed E-state index contributed by atoms with van der Waals surface area (Å²) < 4.78 is 32.6. The Morgan fingerprint density at radius 1 is 0.921 bits per heavy atom. The molecule has 0 N–H and O–H groups in total. The number of methoxy groups -OCH3 is 1. The molecule has 0 unspecified atom stereocenters. The molecule has 1 amide bonds. The van der Waals surface area contributed by atoms with Gasteiger partial charge >= 0.3 is 0 Å². The highest BCUT2D eigenvalue weighted by molar-refractivity contribution is 7.89. The molecule has 1 aromatic rings. The van der Waals surface area contributed by atoms with Gasteiger partial charge in [-0.15, -0.1) is 0 Å². The number of aryl methyl sites for hydroxylation is 2. The first-order valence-corrected chi connectivity index (χ1v) is 14.9. The van der Waals surface area contributed by atoms with Crippen LogP contribution in [0.4, 0.5) is 0 Å². The Hall–Kier alpha value is -2.01. The highest BCUT2D eigenvalue weighted by Gasteiger charge is 2.28. The number of rotatable bonds is 14. The monoisotopic (exact) mass is 552 g/mol. The van der Waals surface area contributed by atoms with E-state index in [9.17, 15) is 18.0 Å². The fourth-order valence-electron chi connectivity index (χ4n) is 5.24. The zero-order valence-corrected chi connectivity index (χ0v) is 25.4. The summed E-state index contributed by atoms with van der Waals surface area (Å²) in [5, 5.41) is 0.